The van der Waals surface area contributed by atoms with Gasteiger partial charge in [0.15, 0.2) is 5.65 Å². The van der Waals surface area contributed by atoms with E-state index in [1.54, 1.807) is 23.6 Å². The number of rotatable bonds is 6. The Morgan fingerprint density at radius 2 is 2.00 bits per heavy atom. The molecule has 31 heavy (non-hydrogen) atoms. The van der Waals surface area contributed by atoms with Crippen molar-refractivity contribution >= 4 is 27.3 Å². The molecule has 160 valence electrons. The topological polar surface area (TPSA) is 107 Å². The summed E-state index contributed by atoms with van der Waals surface area (Å²) < 4.78 is 53.8. The number of methoxy groups -OCH3 is 1. The maximum Gasteiger partial charge on any atom is 0.373 e. The van der Waals surface area contributed by atoms with Crippen LogP contribution in [0.5, 0.6) is 0 Å². The molecule has 0 amide bonds. The highest BCUT2D eigenvalue weighted by Gasteiger charge is 2.30. The van der Waals surface area contributed by atoms with E-state index in [4.69, 9.17) is 4.42 Å². The van der Waals surface area contributed by atoms with Crippen LogP contribution >= 0.6 is 0 Å². The van der Waals surface area contributed by atoms with Crippen LogP contribution in [0, 0.1) is 12.7 Å². The molecule has 3 aromatic heterocycles. The molecule has 3 heterocycles. The Kier molecular flexibility index (Phi) is 5.19. The number of furan rings is 1. The van der Waals surface area contributed by atoms with Crippen molar-refractivity contribution in [3.05, 3.63) is 77.9 Å². The number of halogens is 1. The lowest BCUT2D eigenvalue weighted by atomic mass is 10.3. The largest absolute Gasteiger partial charge is 0.463 e. The smallest absolute Gasteiger partial charge is 0.373 e. The van der Waals surface area contributed by atoms with Crippen LogP contribution in [0.3, 0.4) is 0 Å². The average Bonchev–Trinajstić information content (AvgIpc) is 3.38. The van der Waals surface area contributed by atoms with Crippen LogP contribution in [0.2, 0.25) is 0 Å². The number of pyridine rings is 1. The molecule has 0 unspecified atom stereocenters. The molecule has 0 bridgehead atoms. The van der Waals surface area contributed by atoms with Crippen molar-refractivity contribution in [2.24, 2.45) is 0 Å². The fraction of sp³-hybridized carbons (Fsp3) is 0.150. The van der Waals surface area contributed by atoms with Crippen LogP contribution in [0.15, 0.2) is 64.0 Å². The van der Waals surface area contributed by atoms with Crippen molar-refractivity contribution in [1.29, 1.82) is 0 Å². The number of hydrogen-bond acceptors (Lipinski definition) is 7. The first kappa shape index (κ1) is 20.5. The molecule has 0 saturated carbocycles. The molecule has 4 rings (SSSR count). The van der Waals surface area contributed by atoms with E-state index in [9.17, 15) is 17.6 Å². The number of hydrogen-bond donors (Lipinski definition) is 0. The second-order valence-corrected chi connectivity index (χ2v) is 8.39. The standard InChI is InChI=1S/C20H17FN4O5S/c1-13-22-23-19-18(7-4-10-24(13)19)31(27,28)25(15-6-3-5-14(21)11-15)12-16-8-9-17(30-16)20(26)29-2/h3-11H,12H2,1-2H3. The molecule has 0 N–H and O–H groups in total. The minimum absolute atomic E-state index is 0.0780. The van der Waals surface area contributed by atoms with Crippen molar-refractivity contribution < 1.29 is 26.8 Å². The number of carbonyl (C=O) groups is 1. The fourth-order valence-corrected chi connectivity index (χ4v) is 4.63. The third kappa shape index (κ3) is 3.75. The first-order valence-corrected chi connectivity index (χ1v) is 10.5. The quantitative estimate of drug-likeness (QED) is 0.421. The molecule has 0 aliphatic rings. The highest BCUT2D eigenvalue weighted by molar-refractivity contribution is 7.93. The number of benzene rings is 1. The van der Waals surface area contributed by atoms with Gasteiger partial charge in [-0.25, -0.2) is 17.6 Å². The van der Waals surface area contributed by atoms with Gasteiger partial charge in [0, 0.05) is 6.20 Å². The zero-order valence-electron chi connectivity index (χ0n) is 16.5. The summed E-state index contributed by atoms with van der Waals surface area (Å²) in [4.78, 5) is 11.6. The molecule has 0 atom stereocenters. The molecule has 0 spiro atoms. The van der Waals surface area contributed by atoms with E-state index in [1.807, 2.05) is 0 Å². The van der Waals surface area contributed by atoms with Gasteiger partial charge in [-0.2, -0.15) is 0 Å². The molecule has 0 aliphatic carbocycles. The Morgan fingerprint density at radius 1 is 1.19 bits per heavy atom. The summed E-state index contributed by atoms with van der Waals surface area (Å²) in [6.45, 7) is 1.40. The summed E-state index contributed by atoms with van der Waals surface area (Å²) >= 11 is 0. The zero-order chi connectivity index (χ0) is 22.2. The van der Waals surface area contributed by atoms with Gasteiger partial charge in [-0.05, 0) is 49.4 Å². The maximum absolute atomic E-state index is 13.9. The van der Waals surface area contributed by atoms with Gasteiger partial charge in [0.25, 0.3) is 10.0 Å². The number of aryl methyl sites for hydroxylation is 1. The first-order valence-electron chi connectivity index (χ1n) is 9.07. The summed E-state index contributed by atoms with van der Waals surface area (Å²) in [6, 6.07) is 10.9. The molecule has 11 heteroatoms. The molecule has 4 aromatic rings. The molecular formula is C20H17FN4O5S. The van der Waals surface area contributed by atoms with Crippen LogP contribution in [0.25, 0.3) is 5.65 Å². The Labute approximate surface area is 176 Å². The van der Waals surface area contributed by atoms with E-state index in [0.717, 1.165) is 10.4 Å². The monoisotopic (exact) mass is 444 g/mol. The number of esters is 1. The van der Waals surface area contributed by atoms with Crippen molar-refractivity contribution in [3.63, 3.8) is 0 Å². The lowest BCUT2D eigenvalue weighted by molar-refractivity contribution is 0.0563. The van der Waals surface area contributed by atoms with Gasteiger partial charge in [0.05, 0.1) is 19.3 Å². The third-order valence-corrected chi connectivity index (χ3v) is 6.38. The van der Waals surface area contributed by atoms with E-state index in [-0.39, 0.29) is 34.3 Å². The average molecular weight is 444 g/mol. The van der Waals surface area contributed by atoms with Crippen molar-refractivity contribution in [3.8, 4) is 0 Å². The predicted octanol–water partition coefficient (Wildman–Crippen LogP) is 2.95. The SMILES string of the molecule is COC(=O)c1ccc(CN(c2cccc(F)c2)S(=O)(=O)c2cccn3c(C)nnc23)o1. The Morgan fingerprint density at radius 3 is 2.74 bits per heavy atom. The third-order valence-electron chi connectivity index (χ3n) is 4.58. The van der Waals surface area contributed by atoms with E-state index < -0.39 is 21.8 Å². The summed E-state index contributed by atoms with van der Waals surface area (Å²) in [5, 5.41) is 7.90. The minimum Gasteiger partial charge on any atom is -0.463 e. The zero-order valence-corrected chi connectivity index (χ0v) is 17.3. The lowest BCUT2D eigenvalue weighted by Gasteiger charge is -2.23. The normalized spacial score (nSPS) is 11.6. The Balaban J connectivity index is 1.83. The molecular weight excluding hydrogens is 427 g/mol. The molecule has 9 nitrogen and oxygen atoms in total. The number of aromatic nitrogens is 3. The summed E-state index contributed by atoms with van der Waals surface area (Å²) in [6.07, 6.45) is 1.64. The van der Waals surface area contributed by atoms with Crippen LogP contribution in [-0.4, -0.2) is 36.1 Å². The van der Waals surface area contributed by atoms with E-state index >= 15 is 0 Å². The summed E-state index contributed by atoms with van der Waals surface area (Å²) in [5.74, 6) is -0.709. The van der Waals surface area contributed by atoms with Gasteiger partial charge in [0.1, 0.15) is 22.3 Å². The number of carbonyl (C=O) groups excluding carboxylic acids is 1. The summed E-state index contributed by atoms with van der Waals surface area (Å²) in [7, 11) is -3.03. The molecule has 0 saturated heterocycles. The maximum atomic E-state index is 13.9. The number of fused-ring (bicyclic) bond motifs is 1. The van der Waals surface area contributed by atoms with Gasteiger partial charge < -0.3 is 9.15 Å². The lowest BCUT2D eigenvalue weighted by Crippen LogP contribution is -2.31. The van der Waals surface area contributed by atoms with Crippen LogP contribution in [0.1, 0.15) is 22.1 Å². The fourth-order valence-electron chi connectivity index (χ4n) is 3.09. The minimum atomic E-state index is -4.23. The van der Waals surface area contributed by atoms with Gasteiger partial charge >= 0.3 is 5.97 Å². The van der Waals surface area contributed by atoms with Crippen molar-refractivity contribution in [1.82, 2.24) is 14.6 Å². The molecule has 0 fully saturated rings. The van der Waals surface area contributed by atoms with Crippen molar-refractivity contribution in [2.45, 2.75) is 18.4 Å². The van der Waals surface area contributed by atoms with Gasteiger partial charge in [-0.15, -0.1) is 10.2 Å². The van der Waals surface area contributed by atoms with E-state index in [0.29, 0.717) is 5.82 Å². The Bertz CT molecular complexity index is 1380. The second-order valence-electron chi connectivity index (χ2n) is 6.56. The number of ether oxygens (including phenoxy) is 1. The van der Waals surface area contributed by atoms with Crippen LogP contribution < -0.4 is 4.31 Å². The highest BCUT2D eigenvalue weighted by atomic mass is 32.2. The number of nitrogens with zero attached hydrogens (tertiary/aromatic N) is 4. The Hall–Kier alpha value is -3.73. The number of sulfonamides is 1. The van der Waals surface area contributed by atoms with Gasteiger partial charge in [0.2, 0.25) is 5.76 Å². The molecule has 0 radical (unpaired) electrons. The van der Waals surface area contributed by atoms with E-state index in [1.165, 1.54) is 43.5 Å². The molecule has 1 aromatic carbocycles. The second kappa shape index (κ2) is 7.84. The van der Waals surface area contributed by atoms with Gasteiger partial charge in [-0.3, -0.25) is 8.71 Å². The number of anilines is 1. The molecule has 0 aliphatic heterocycles. The highest BCUT2D eigenvalue weighted by Crippen LogP contribution is 2.29. The van der Waals surface area contributed by atoms with Crippen LogP contribution in [0.4, 0.5) is 10.1 Å². The van der Waals surface area contributed by atoms with Gasteiger partial charge in [-0.1, -0.05) is 6.07 Å². The predicted molar refractivity (Wildman–Crippen MR) is 108 cm³/mol. The van der Waals surface area contributed by atoms with Crippen LogP contribution in [-0.2, 0) is 21.3 Å². The first-order chi connectivity index (χ1) is 14.8. The summed E-state index contributed by atoms with van der Waals surface area (Å²) in [5.41, 5.74) is 0.213. The van der Waals surface area contributed by atoms with Crippen molar-refractivity contribution in [2.75, 3.05) is 11.4 Å². The van der Waals surface area contributed by atoms with E-state index in [2.05, 4.69) is 14.9 Å².